The van der Waals surface area contributed by atoms with Gasteiger partial charge < -0.3 is 18.9 Å². The lowest BCUT2D eigenvalue weighted by atomic mass is 9.95. The molecule has 1 atom stereocenters. The van der Waals surface area contributed by atoms with Crippen molar-refractivity contribution in [3.63, 3.8) is 0 Å². The average molecular weight is 733 g/mol. The van der Waals surface area contributed by atoms with Crippen molar-refractivity contribution in [3.8, 4) is 34.2 Å². The lowest BCUT2D eigenvalue weighted by molar-refractivity contribution is -0.138. The number of thiazole rings is 1. The number of methoxy groups -OCH3 is 1. The molecule has 0 unspecified atom stereocenters. The van der Waals surface area contributed by atoms with E-state index in [9.17, 15) is 14.4 Å². The van der Waals surface area contributed by atoms with Crippen molar-refractivity contribution in [1.82, 2.24) is 14.3 Å². The van der Waals surface area contributed by atoms with Crippen LogP contribution in [0.2, 0.25) is 0 Å². The molecule has 0 fully saturated rings. The Kier molecular flexibility index (Phi) is 11.2. The number of fused-ring (bicyclic) bond motifs is 1. The Morgan fingerprint density at radius 1 is 1.04 bits per heavy atom. The maximum absolute atomic E-state index is 14.5. The minimum Gasteiger partial charge on any atom is -0.494 e. The first-order valence-corrected chi connectivity index (χ1v) is 17.9. The van der Waals surface area contributed by atoms with E-state index in [2.05, 4.69) is 20.4 Å². The molecule has 272 valence electrons. The third-order valence-corrected chi connectivity index (χ3v) is 9.46. The summed E-state index contributed by atoms with van der Waals surface area (Å²) in [4.78, 5) is 44.9. The average Bonchev–Trinajstić information content (AvgIpc) is 3.70. The quantitative estimate of drug-likeness (QED) is 0.0800. The number of ether oxygens (including phenoxy) is 4. The van der Waals surface area contributed by atoms with E-state index in [1.807, 2.05) is 60.8 Å². The highest BCUT2D eigenvalue weighted by Crippen LogP contribution is 2.36. The second-order valence-electron chi connectivity index (χ2n) is 12.7. The zero-order valence-corrected chi connectivity index (χ0v) is 31.0. The Morgan fingerprint density at radius 3 is 2.47 bits per heavy atom. The van der Waals surface area contributed by atoms with Gasteiger partial charge in [0.05, 0.1) is 41.2 Å². The summed E-state index contributed by atoms with van der Waals surface area (Å²) >= 11 is 1.20. The third kappa shape index (κ3) is 8.07. The van der Waals surface area contributed by atoms with E-state index in [1.165, 1.54) is 36.0 Å². The maximum atomic E-state index is 14.5. The van der Waals surface area contributed by atoms with E-state index in [1.54, 1.807) is 35.9 Å². The Labute approximate surface area is 310 Å². The van der Waals surface area contributed by atoms with Crippen LogP contribution in [0.4, 0.5) is 0 Å². The third-order valence-electron chi connectivity index (χ3n) is 8.47. The van der Waals surface area contributed by atoms with Crippen molar-refractivity contribution < 1.29 is 28.5 Å². The van der Waals surface area contributed by atoms with Crippen LogP contribution in [-0.2, 0) is 14.3 Å². The molecule has 0 bridgehead atoms. The summed E-state index contributed by atoms with van der Waals surface area (Å²) in [5.74, 6) is 0.596. The van der Waals surface area contributed by atoms with Gasteiger partial charge in [-0.3, -0.25) is 14.2 Å². The van der Waals surface area contributed by atoms with Gasteiger partial charge >= 0.3 is 11.9 Å². The number of aromatic nitrogens is 3. The van der Waals surface area contributed by atoms with E-state index in [0.717, 1.165) is 23.4 Å². The molecule has 1 aliphatic heterocycles. The Balaban J connectivity index is 1.49. The molecule has 1 aliphatic rings. The SMILES string of the molecule is C=CCOC(=O)C1=C(C)N=c2s/c(=C\c3cn(-c4ccccc4)nc3-c3ccc(OCCC(C)C)cc3)c(=O)n2[C@@H]1c1ccc(OC(C)=O)c(OC)c1. The first-order chi connectivity index (χ1) is 25.6. The number of carbonyl (C=O) groups is 2. The standard InChI is InChI=1S/C41H40N4O7S/c1-7-20-51-40(48)36-26(4)42-41-45(38(36)29-15-18-33(52-27(5)46)34(22-29)49-6)39(47)35(53-41)23-30-24-44(31-11-9-8-10-12-31)43-37(30)28-13-16-32(17-14-28)50-21-19-25(2)3/h7-18,22-25,38H,1,19-21H2,2-6H3/b35-23-/t38-/m1/s1. The van der Waals surface area contributed by atoms with Crippen molar-refractivity contribution in [3.05, 3.63) is 134 Å². The molecule has 12 heteroatoms. The normalized spacial score (nSPS) is 14.1. The van der Waals surface area contributed by atoms with Gasteiger partial charge in [-0.2, -0.15) is 5.10 Å². The monoisotopic (exact) mass is 732 g/mol. The van der Waals surface area contributed by atoms with Crippen LogP contribution in [0.3, 0.4) is 0 Å². The number of para-hydroxylation sites is 1. The number of rotatable bonds is 13. The predicted octanol–water partition coefficient (Wildman–Crippen LogP) is 6.18. The van der Waals surface area contributed by atoms with Crippen molar-refractivity contribution in [2.24, 2.45) is 10.9 Å². The zero-order valence-electron chi connectivity index (χ0n) is 30.2. The van der Waals surface area contributed by atoms with E-state index < -0.39 is 18.0 Å². The molecular formula is C41H40N4O7S. The molecular weight excluding hydrogens is 693 g/mol. The highest BCUT2D eigenvalue weighted by Gasteiger charge is 2.34. The smallest absolute Gasteiger partial charge is 0.338 e. The van der Waals surface area contributed by atoms with Gasteiger partial charge in [0.1, 0.15) is 18.1 Å². The Morgan fingerprint density at radius 2 is 1.79 bits per heavy atom. The molecule has 0 aliphatic carbocycles. The molecule has 0 saturated heterocycles. The summed E-state index contributed by atoms with van der Waals surface area (Å²) in [6.07, 6.45) is 6.11. The second kappa shape index (κ2) is 16.1. The van der Waals surface area contributed by atoms with Gasteiger partial charge in [0.15, 0.2) is 16.3 Å². The van der Waals surface area contributed by atoms with Gasteiger partial charge in [-0.05, 0) is 79.4 Å². The molecule has 0 radical (unpaired) electrons. The van der Waals surface area contributed by atoms with Crippen LogP contribution >= 0.6 is 11.3 Å². The van der Waals surface area contributed by atoms with E-state index >= 15 is 0 Å². The number of carbonyl (C=O) groups excluding carboxylic acids is 2. The summed E-state index contributed by atoms with van der Waals surface area (Å²) in [6, 6.07) is 21.4. The molecule has 0 amide bonds. The summed E-state index contributed by atoms with van der Waals surface area (Å²) in [5, 5.41) is 4.95. The minimum absolute atomic E-state index is 0.0271. The van der Waals surface area contributed by atoms with E-state index in [4.69, 9.17) is 29.0 Å². The van der Waals surface area contributed by atoms with Crippen molar-refractivity contribution in [2.75, 3.05) is 20.3 Å². The fourth-order valence-electron chi connectivity index (χ4n) is 5.90. The molecule has 5 aromatic rings. The number of hydrogen-bond acceptors (Lipinski definition) is 10. The molecule has 0 N–H and O–H groups in total. The van der Waals surface area contributed by atoms with Crippen LogP contribution < -0.4 is 29.1 Å². The van der Waals surface area contributed by atoms with Crippen LogP contribution in [-0.4, -0.2) is 46.6 Å². The van der Waals surface area contributed by atoms with Crippen LogP contribution in [0.1, 0.15) is 51.3 Å². The number of benzene rings is 3. The summed E-state index contributed by atoms with van der Waals surface area (Å²) < 4.78 is 25.9. The number of nitrogens with zero attached hydrogens (tertiary/aromatic N) is 4. The number of allylic oxidation sites excluding steroid dienone is 1. The van der Waals surface area contributed by atoms with Crippen molar-refractivity contribution in [2.45, 2.75) is 40.2 Å². The molecule has 11 nitrogen and oxygen atoms in total. The van der Waals surface area contributed by atoms with Crippen LogP contribution in [0.15, 0.2) is 113 Å². The molecule has 53 heavy (non-hydrogen) atoms. The van der Waals surface area contributed by atoms with Gasteiger partial charge in [-0.25, -0.2) is 14.5 Å². The summed E-state index contributed by atoms with van der Waals surface area (Å²) in [6.45, 7) is 11.6. The van der Waals surface area contributed by atoms with Gasteiger partial charge in [-0.15, -0.1) is 0 Å². The maximum Gasteiger partial charge on any atom is 0.338 e. The molecule has 2 aromatic heterocycles. The lowest BCUT2D eigenvalue weighted by Crippen LogP contribution is -2.40. The van der Waals surface area contributed by atoms with E-state index in [0.29, 0.717) is 44.4 Å². The van der Waals surface area contributed by atoms with Crippen LogP contribution in [0.25, 0.3) is 23.0 Å². The topological polar surface area (TPSA) is 123 Å². The second-order valence-corrected chi connectivity index (χ2v) is 13.8. The lowest BCUT2D eigenvalue weighted by Gasteiger charge is -2.25. The zero-order chi connectivity index (χ0) is 37.6. The van der Waals surface area contributed by atoms with Crippen molar-refractivity contribution >= 4 is 29.4 Å². The first-order valence-electron chi connectivity index (χ1n) is 17.1. The molecule has 0 saturated carbocycles. The van der Waals surface area contributed by atoms with Gasteiger partial charge in [0.25, 0.3) is 5.56 Å². The first kappa shape index (κ1) is 36.8. The predicted molar refractivity (Wildman–Crippen MR) is 203 cm³/mol. The minimum atomic E-state index is -0.930. The fraction of sp³-hybridized carbons (Fsp3) is 0.244. The highest BCUT2D eigenvalue weighted by molar-refractivity contribution is 7.07. The molecule has 6 rings (SSSR count). The Bertz CT molecular complexity index is 2370. The molecule has 0 spiro atoms. The van der Waals surface area contributed by atoms with Crippen LogP contribution in [0, 0.1) is 5.92 Å². The summed E-state index contributed by atoms with van der Waals surface area (Å²) in [5.41, 5.74) is 3.81. The highest BCUT2D eigenvalue weighted by atomic mass is 32.1. The van der Waals surface area contributed by atoms with E-state index in [-0.39, 0.29) is 29.2 Å². The molecule has 3 heterocycles. The largest absolute Gasteiger partial charge is 0.494 e. The summed E-state index contributed by atoms with van der Waals surface area (Å²) in [7, 11) is 1.44. The number of esters is 2. The fourth-order valence-corrected chi connectivity index (χ4v) is 6.93. The van der Waals surface area contributed by atoms with Crippen LogP contribution in [0.5, 0.6) is 17.2 Å². The molecule has 3 aromatic carbocycles. The Hall–Kier alpha value is -6.01. The van der Waals surface area contributed by atoms with Gasteiger partial charge in [0, 0.05) is 24.2 Å². The number of hydrogen-bond donors (Lipinski definition) is 0. The van der Waals surface area contributed by atoms with Crippen molar-refractivity contribution in [1.29, 1.82) is 0 Å². The van der Waals surface area contributed by atoms with Gasteiger partial charge in [-0.1, -0.05) is 62.1 Å². The van der Waals surface area contributed by atoms with Gasteiger partial charge in [0.2, 0.25) is 0 Å².